The number of benzene rings is 1. The van der Waals surface area contributed by atoms with Crippen LogP contribution in [-0.2, 0) is 16.0 Å². The van der Waals surface area contributed by atoms with Gasteiger partial charge in [0.15, 0.2) is 0 Å². The van der Waals surface area contributed by atoms with E-state index in [1.54, 1.807) is 7.11 Å². The van der Waals surface area contributed by atoms with Crippen LogP contribution in [0.3, 0.4) is 0 Å². The average Bonchev–Trinajstić information content (AvgIpc) is 2.35. The van der Waals surface area contributed by atoms with Gasteiger partial charge in [-0.05, 0) is 30.5 Å². The van der Waals surface area contributed by atoms with E-state index in [2.05, 4.69) is 4.74 Å². The molecule has 2 N–H and O–H groups in total. The first-order valence-electron chi connectivity index (χ1n) is 5.13. The van der Waals surface area contributed by atoms with Crippen LogP contribution in [-0.4, -0.2) is 26.2 Å². The Labute approximate surface area is 108 Å². The quantitative estimate of drug-likeness (QED) is 0.815. The fourth-order valence-corrected chi connectivity index (χ4v) is 1.38. The van der Waals surface area contributed by atoms with Crippen molar-refractivity contribution < 1.29 is 14.3 Å². The molecule has 0 heterocycles. The smallest absolute Gasteiger partial charge is 0.322 e. The van der Waals surface area contributed by atoms with Crippen molar-refractivity contribution in [3.8, 4) is 5.75 Å². The molecule has 0 radical (unpaired) electrons. The van der Waals surface area contributed by atoms with Gasteiger partial charge in [-0.2, -0.15) is 0 Å². The number of ether oxygens (including phenoxy) is 2. The Morgan fingerprint density at radius 1 is 1.29 bits per heavy atom. The minimum Gasteiger partial charge on any atom is -0.497 e. The molecule has 96 valence electrons. The number of esters is 1. The van der Waals surface area contributed by atoms with Crippen LogP contribution in [0.15, 0.2) is 24.3 Å². The molecule has 1 rings (SSSR count). The molecule has 0 aliphatic carbocycles. The zero-order valence-electron chi connectivity index (χ0n) is 10.0. The maximum atomic E-state index is 11.1. The summed E-state index contributed by atoms with van der Waals surface area (Å²) in [6, 6.07) is 7.15. The summed E-state index contributed by atoms with van der Waals surface area (Å²) in [6.45, 7) is 0. The predicted molar refractivity (Wildman–Crippen MR) is 68.6 cm³/mol. The van der Waals surface area contributed by atoms with Crippen LogP contribution in [0.2, 0.25) is 0 Å². The molecule has 17 heavy (non-hydrogen) atoms. The van der Waals surface area contributed by atoms with E-state index in [9.17, 15) is 4.79 Å². The Morgan fingerprint density at radius 2 is 1.88 bits per heavy atom. The molecule has 0 amide bonds. The second-order valence-electron chi connectivity index (χ2n) is 3.52. The van der Waals surface area contributed by atoms with E-state index in [0.29, 0.717) is 6.42 Å². The van der Waals surface area contributed by atoms with Crippen molar-refractivity contribution >= 4 is 18.4 Å². The second-order valence-corrected chi connectivity index (χ2v) is 3.52. The van der Waals surface area contributed by atoms with Crippen LogP contribution >= 0.6 is 12.4 Å². The van der Waals surface area contributed by atoms with Gasteiger partial charge >= 0.3 is 5.97 Å². The fourth-order valence-electron chi connectivity index (χ4n) is 1.38. The van der Waals surface area contributed by atoms with Crippen molar-refractivity contribution in [3.63, 3.8) is 0 Å². The summed E-state index contributed by atoms with van der Waals surface area (Å²) in [5, 5.41) is 0. The first-order chi connectivity index (χ1) is 7.67. The number of carbonyl (C=O) groups excluding carboxylic acids is 1. The van der Waals surface area contributed by atoms with Crippen LogP contribution in [0.25, 0.3) is 0 Å². The van der Waals surface area contributed by atoms with Crippen LogP contribution in [0.4, 0.5) is 0 Å². The lowest BCUT2D eigenvalue weighted by Gasteiger charge is -2.09. The van der Waals surface area contributed by atoms with Crippen LogP contribution < -0.4 is 10.5 Å². The summed E-state index contributed by atoms with van der Waals surface area (Å²) >= 11 is 0. The summed E-state index contributed by atoms with van der Waals surface area (Å²) in [7, 11) is 2.97. The predicted octanol–water partition coefficient (Wildman–Crippen LogP) is 1.55. The lowest BCUT2D eigenvalue weighted by atomic mass is 10.1. The van der Waals surface area contributed by atoms with Gasteiger partial charge < -0.3 is 15.2 Å². The topological polar surface area (TPSA) is 61.5 Å². The first kappa shape index (κ1) is 15.7. The summed E-state index contributed by atoms with van der Waals surface area (Å²) in [6.07, 6.45) is 1.33. The van der Waals surface area contributed by atoms with Crippen molar-refractivity contribution in [2.75, 3.05) is 14.2 Å². The molecule has 0 aliphatic heterocycles. The minimum absolute atomic E-state index is 0. The van der Waals surface area contributed by atoms with Gasteiger partial charge in [-0.1, -0.05) is 12.1 Å². The number of hydrogen-bond donors (Lipinski definition) is 1. The Hall–Kier alpha value is -1.26. The third-order valence-electron chi connectivity index (χ3n) is 2.41. The minimum atomic E-state index is -0.549. The molecule has 1 atom stereocenters. The molecule has 0 saturated heterocycles. The van der Waals surface area contributed by atoms with Crippen molar-refractivity contribution in [1.82, 2.24) is 0 Å². The molecule has 0 aromatic heterocycles. The van der Waals surface area contributed by atoms with E-state index in [1.165, 1.54) is 7.11 Å². The molecular formula is C12H18ClNO3. The van der Waals surface area contributed by atoms with Gasteiger partial charge in [0, 0.05) is 0 Å². The lowest BCUT2D eigenvalue weighted by Crippen LogP contribution is -2.31. The maximum absolute atomic E-state index is 11.1. The largest absolute Gasteiger partial charge is 0.497 e. The van der Waals surface area contributed by atoms with E-state index in [1.807, 2.05) is 24.3 Å². The Balaban J connectivity index is 0.00000256. The highest BCUT2D eigenvalue weighted by Crippen LogP contribution is 2.13. The van der Waals surface area contributed by atoms with Crippen LogP contribution in [0.5, 0.6) is 5.75 Å². The molecule has 0 fully saturated rings. The Morgan fingerprint density at radius 3 is 2.35 bits per heavy atom. The average molecular weight is 260 g/mol. The Bertz CT molecular complexity index is 340. The lowest BCUT2D eigenvalue weighted by molar-refractivity contribution is -0.142. The van der Waals surface area contributed by atoms with Gasteiger partial charge in [0.25, 0.3) is 0 Å². The van der Waals surface area contributed by atoms with Crippen molar-refractivity contribution in [2.24, 2.45) is 5.73 Å². The summed E-state index contributed by atoms with van der Waals surface area (Å²) in [4.78, 5) is 11.1. The molecule has 1 aromatic rings. The fraction of sp³-hybridized carbons (Fsp3) is 0.417. The van der Waals surface area contributed by atoms with Crippen molar-refractivity contribution in [3.05, 3.63) is 29.8 Å². The number of hydrogen-bond acceptors (Lipinski definition) is 4. The highest BCUT2D eigenvalue weighted by atomic mass is 35.5. The molecule has 0 spiro atoms. The van der Waals surface area contributed by atoms with E-state index < -0.39 is 6.04 Å². The van der Waals surface area contributed by atoms with Gasteiger partial charge in [-0.3, -0.25) is 4.79 Å². The van der Waals surface area contributed by atoms with Gasteiger partial charge in [-0.25, -0.2) is 0 Å². The molecular weight excluding hydrogens is 242 g/mol. The normalized spacial score (nSPS) is 11.2. The number of methoxy groups -OCH3 is 2. The Kier molecular flexibility index (Phi) is 7.34. The third kappa shape index (κ3) is 5.06. The molecule has 4 nitrogen and oxygen atoms in total. The highest BCUT2D eigenvalue weighted by molar-refractivity contribution is 5.85. The molecule has 5 heteroatoms. The van der Waals surface area contributed by atoms with E-state index >= 15 is 0 Å². The SMILES string of the molecule is COC(=O)C(N)CCc1ccc(OC)cc1.Cl. The molecule has 0 saturated carbocycles. The number of nitrogens with two attached hydrogens (primary N) is 1. The highest BCUT2D eigenvalue weighted by Gasteiger charge is 2.12. The maximum Gasteiger partial charge on any atom is 0.322 e. The molecule has 1 aromatic carbocycles. The van der Waals surface area contributed by atoms with Crippen LogP contribution in [0, 0.1) is 0 Å². The van der Waals surface area contributed by atoms with E-state index in [0.717, 1.165) is 17.7 Å². The van der Waals surface area contributed by atoms with Crippen LogP contribution in [0.1, 0.15) is 12.0 Å². The van der Waals surface area contributed by atoms with Gasteiger partial charge in [0.2, 0.25) is 0 Å². The molecule has 0 aliphatic rings. The zero-order chi connectivity index (χ0) is 12.0. The second kappa shape index (κ2) is 7.92. The van der Waals surface area contributed by atoms with Gasteiger partial charge in [-0.15, -0.1) is 12.4 Å². The van der Waals surface area contributed by atoms with Gasteiger partial charge in [0.05, 0.1) is 14.2 Å². The molecule has 1 unspecified atom stereocenters. The monoisotopic (exact) mass is 259 g/mol. The van der Waals surface area contributed by atoms with Crippen molar-refractivity contribution in [2.45, 2.75) is 18.9 Å². The third-order valence-corrected chi connectivity index (χ3v) is 2.41. The van der Waals surface area contributed by atoms with E-state index in [4.69, 9.17) is 10.5 Å². The zero-order valence-corrected chi connectivity index (χ0v) is 10.8. The number of aryl methyl sites for hydroxylation is 1. The summed E-state index contributed by atoms with van der Waals surface area (Å²) in [5.74, 6) is 0.453. The van der Waals surface area contributed by atoms with Crippen molar-refractivity contribution in [1.29, 1.82) is 0 Å². The first-order valence-corrected chi connectivity index (χ1v) is 5.13. The molecule has 0 bridgehead atoms. The number of carbonyl (C=O) groups is 1. The number of halogens is 1. The standard InChI is InChI=1S/C12H17NO3.ClH/c1-15-10-6-3-9(4-7-10)5-8-11(13)12(14)16-2;/h3-4,6-7,11H,5,8,13H2,1-2H3;1H. The van der Waals surface area contributed by atoms with E-state index in [-0.39, 0.29) is 18.4 Å². The number of rotatable bonds is 5. The summed E-state index contributed by atoms with van der Waals surface area (Å²) < 4.78 is 9.60. The summed E-state index contributed by atoms with van der Waals surface area (Å²) in [5.41, 5.74) is 6.76. The van der Waals surface area contributed by atoms with Gasteiger partial charge in [0.1, 0.15) is 11.8 Å².